The molecule has 0 fully saturated rings. The lowest BCUT2D eigenvalue weighted by Crippen LogP contribution is -1.97. The van der Waals surface area contributed by atoms with E-state index in [-0.39, 0.29) is 5.56 Å². The van der Waals surface area contributed by atoms with Gasteiger partial charge >= 0.3 is 5.97 Å². The SMILES string of the molecule is N#Cc1ccc(Sc2ccccc2C(=O)O)cc1Cl. The molecule has 0 aliphatic heterocycles. The number of carboxylic acid groups (broad SMARTS) is 1. The first-order valence-electron chi connectivity index (χ1n) is 5.31. The summed E-state index contributed by atoms with van der Waals surface area (Å²) in [5.74, 6) is -0.970. The van der Waals surface area contributed by atoms with E-state index in [2.05, 4.69) is 0 Å². The summed E-state index contributed by atoms with van der Waals surface area (Å²) in [5, 5.41) is 18.3. The Hall–Kier alpha value is -1.96. The van der Waals surface area contributed by atoms with Crippen molar-refractivity contribution in [2.75, 3.05) is 0 Å². The Morgan fingerprint density at radius 2 is 2.00 bits per heavy atom. The second kappa shape index (κ2) is 5.79. The van der Waals surface area contributed by atoms with E-state index >= 15 is 0 Å². The Kier molecular flexibility index (Phi) is 4.10. The Balaban J connectivity index is 2.34. The predicted octanol–water partition coefficient (Wildman–Crippen LogP) is 4.06. The van der Waals surface area contributed by atoms with E-state index < -0.39 is 5.97 Å². The van der Waals surface area contributed by atoms with Gasteiger partial charge in [0.1, 0.15) is 6.07 Å². The van der Waals surface area contributed by atoms with Crippen molar-refractivity contribution in [1.29, 1.82) is 5.26 Å². The maximum atomic E-state index is 11.1. The minimum atomic E-state index is -0.970. The van der Waals surface area contributed by atoms with Crippen LogP contribution in [-0.2, 0) is 0 Å². The standard InChI is InChI=1S/C14H8ClNO2S/c15-12-7-10(6-5-9(12)8-16)19-13-4-2-1-3-11(13)14(17)18/h1-7H,(H,17,18). The number of hydrogen-bond acceptors (Lipinski definition) is 3. The number of carbonyl (C=O) groups is 1. The molecule has 2 aromatic carbocycles. The monoisotopic (exact) mass is 289 g/mol. The van der Waals surface area contributed by atoms with Crippen molar-refractivity contribution in [3.8, 4) is 6.07 Å². The molecule has 0 spiro atoms. The van der Waals surface area contributed by atoms with E-state index in [0.717, 1.165) is 4.90 Å². The molecule has 0 radical (unpaired) electrons. The molecule has 0 saturated heterocycles. The predicted molar refractivity (Wildman–Crippen MR) is 73.7 cm³/mol. The maximum Gasteiger partial charge on any atom is 0.336 e. The van der Waals surface area contributed by atoms with E-state index in [9.17, 15) is 4.79 Å². The number of aromatic carboxylic acids is 1. The molecule has 5 heteroatoms. The third-order valence-electron chi connectivity index (χ3n) is 2.41. The molecule has 94 valence electrons. The summed E-state index contributed by atoms with van der Waals surface area (Å²) in [4.78, 5) is 12.5. The molecule has 0 bridgehead atoms. The van der Waals surface area contributed by atoms with E-state index in [0.29, 0.717) is 15.5 Å². The molecule has 0 aromatic heterocycles. The Bertz CT molecular complexity index is 679. The summed E-state index contributed by atoms with van der Waals surface area (Å²) in [5.41, 5.74) is 0.644. The molecule has 2 rings (SSSR count). The quantitative estimate of drug-likeness (QED) is 0.925. The summed E-state index contributed by atoms with van der Waals surface area (Å²) in [7, 11) is 0. The van der Waals surface area contributed by atoms with Crippen LogP contribution >= 0.6 is 23.4 Å². The fraction of sp³-hybridized carbons (Fsp3) is 0. The lowest BCUT2D eigenvalue weighted by Gasteiger charge is -2.06. The number of hydrogen-bond donors (Lipinski definition) is 1. The van der Waals surface area contributed by atoms with Crippen LogP contribution in [0.25, 0.3) is 0 Å². The molecule has 0 unspecified atom stereocenters. The summed E-state index contributed by atoms with van der Waals surface area (Å²) in [6.45, 7) is 0. The highest BCUT2D eigenvalue weighted by Crippen LogP contribution is 2.32. The highest BCUT2D eigenvalue weighted by Gasteiger charge is 2.11. The zero-order valence-corrected chi connectivity index (χ0v) is 11.2. The van der Waals surface area contributed by atoms with Crippen LogP contribution in [0.1, 0.15) is 15.9 Å². The average molecular weight is 290 g/mol. The van der Waals surface area contributed by atoms with Crippen molar-refractivity contribution in [1.82, 2.24) is 0 Å². The summed E-state index contributed by atoms with van der Waals surface area (Å²) in [6, 6.07) is 13.7. The zero-order valence-electron chi connectivity index (χ0n) is 9.63. The molecule has 0 aliphatic rings. The van der Waals surface area contributed by atoms with E-state index in [1.165, 1.54) is 11.8 Å². The molecule has 2 aromatic rings. The van der Waals surface area contributed by atoms with Gasteiger partial charge in [0, 0.05) is 9.79 Å². The first-order valence-corrected chi connectivity index (χ1v) is 6.51. The Labute approximate surface area is 119 Å². The van der Waals surface area contributed by atoms with Crippen LogP contribution in [0.2, 0.25) is 5.02 Å². The number of rotatable bonds is 3. The van der Waals surface area contributed by atoms with Gasteiger partial charge in [-0.1, -0.05) is 35.5 Å². The van der Waals surface area contributed by atoms with Gasteiger partial charge in [0.15, 0.2) is 0 Å². The topological polar surface area (TPSA) is 61.1 Å². The van der Waals surface area contributed by atoms with Gasteiger partial charge in [0.2, 0.25) is 0 Å². The van der Waals surface area contributed by atoms with Crippen LogP contribution in [0.3, 0.4) is 0 Å². The normalized spacial score (nSPS) is 9.89. The van der Waals surface area contributed by atoms with Crippen LogP contribution < -0.4 is 0 Å². The second-order valence-corrected chi connectivity index (χ2v) is 5.18. The van der Waals surface area contributed by atoms with Crippen LogP contribution in [0, 0.1) is 11.3 Å². The molecule has 0 amide bonds. The molecule has 0 heterocycles. The van der Waals surface area contributed by atoms with Gasteiger partial charge in [0.25, 0.3) is 0 Å². The average Bonchev–Trinajstić information content (AvgIpc) is 2.39. The van der Waals surface area contributed by atoms with Gasteiger partial charge in [-0.15, -0.1) is 0 Å². The van der Waals surface area contributed by atoms with Gasteiger partial charge in [-0.3, -0.25) is 0 Å². The largest absolute Gasteiger partial charge is 0.478 e. The molecular formula is C14H8ClNO2S. The molecule has 19 heavy (non-hydrogen) atoms. The molecule has 0 atom stereocenters. The lowest BCUT2D eigenvalue weighted by atomic mass is 10.2. The minimum absolute atomic E-state index is 0.244. The fourth-order valence-electron chi connectivity index (χ4n) is 1.51. The molecular weight excluding hydrogens is 282 g/mol. The van der Waals surface area contributed by atoms with Crippen molar-refractivity contribution in [3.05, 3.63) is 58.6 Å². The number of halogens is 1. The summed E-state index contributed by atoms with van der Waals surface area (Å²) in [6.07, 6.45) is 0. The van der Waals surface area contributed by atoms with Gasteiger partial charge in [-0.2, -0.15) is 5.26 Å². The maximum absolute atomic E-state index is 11.1. The number of carboxylic acids is 1. The van der Waals surface area contributed by atoms with E-state index in [4.69, 9.17) is 22.0 Å². The van der Waals surface area contributed by atoms with Crippen LogP contribution in [0.4, 0.5) is 0 Å². The number of benzene rings is 2. The fourth-order valence-corrected chi connectivity index (χ4v) is 2.78. The summed E-state index contributed by atoms with van der Waals surface area (Å²) < 4.78 is 0. The van der Waals surface area contributed by atoms with Crippen molar-refractivity contribution in [2.45, 2.75) is 9.79 Å². The molecule has 1 N–H and O–H groups in total. The second-order valence-electron chi connectivity index (χ2n) is 3.66. The van der Waals surface area contributed by atoms with Gasteiger partial charge < -0.3 is 5.11 Å². The lowest BCUT2D eigenvalue weighted by molar-refractivity contribution is 0.0693. The highest BCUT2D eigenvalue weighted by atomic mass is 35.5. The van der Waals surface area contributed by atoms with Crippen molar-refractivity contribution >= 4 is 29.3 Å². The Morgan fingerprint density at radius 1 is 1.26 bits per heavy atom. The van der Waals surface area contributed by atoms with E-state index in [1.807, 2.05) is 6.07 Å². The van der Waals surface area contributed by atoms with Crippen molar-refractivity contribution in [3.63, 3.8) is 0 Å². The zero-order chi connectivity index (χ0) is 13.8. The Morgan fingerprint density at radius 3 is 2.63 bits per heavy atom. The first-order chi connectivity index (χ1) is 9.11. The smallest absolute Gasteiger partial charge is 0.336 e. The third-order valence-corrected chi connectivity index (χ3v) is 3.78. The van der Waals surface area contributed by atoms with Crippen LogP contribution in [-0.4, -0.2) is 11.1 Å². The van der Waals surface area contributed by atoms with Gasteiger partial charge in [-0.05, 0) is 30.3 Å². The molecule has 0 aliphatic carbocycles. The molecule has 3 nitrogen and oxygen atoms in total. The number of nitriles is 1. The highest BCUT2D eigenvalue weighted by molar-refractivity contribution is 7.99. The first kappa shape index (κ1) is 13.5. The van der Waals surface area contributed by atoms with Crippen molar-refractivity contribution < 1.29 is 9.90 Å². The number of nitrogens with zero attached hydrogens (tertiary/aromatic N) is 1. The van der Waals surface area contributed by atoms with Gasteiger partial charge in [0.05, 0.1) is 16.1 Å². The molecule has 0 saturated carbocycles. The minimum Gasteiger partial charge on any atom is -0.478 e. The van der Waals surface area contributed by atoms with Gasteiger partial charge in [-0.25, -0.2) is 4.79 Å². The van der Waals surface area contributed by atoms with Crippen molar-refractivity contribution in [2.24, 2.45) is 0 Å². The van der Waals surface area contributed by atoms with Crippen LogP contribution in [0.15, 0.2) is 52.3 Å². The third kappa shape index (κ3) is 3.08. The van der Waals surface area contributed by atoms with Crippen LogP contribution in [0.5, 0.6) is 0 Å². The van der Waals surface area contributed by atoms with E-state index in [1.54, 1.807) is 42.5 Å². The summed E-state index contributed by atoms with van der Waals surface area (Å²) >= 11 is 7.25.